The fourth-order valence-electron chi connectivity index (χ4n) is 2.65. The minimum Gasteiger partial charge on any atom is -0.313 e. The number of aryl methyl sites for hydroxylation is 1. The number of nitrogens with zero attached hydrogens (tertiary/aromatic N) is 2. The summed E-state index contributed by atoms with van der Waals surface area (Å²) in [5.74, 6) is 0. The van der Waals surface area contributed by atoms with Crippen LogP contribution in [-0.2, 0) is 6.42 Å². The highest BCUT2D eigenvalue weighted by Gasteiger charge is 2.25. The number of thiazole rings is 1. The van der Waals surface area contributed by atoms with E-state index in [1.165, 1.54) is 29.3 Å². The summed E-state index contributed by atoms with van der Waals surface area (Å²) in [5.41, 5.74) is 0. The number of piperidine rings is 1. The van der Waals surface area contributed by atoms with E-state index in [1.807, 2.05) is 17.5 Å². The molecule has 0 spiro atoms. The maximum atomic E-state index is 4.59. The van der Waals surface area contributed by atoms with Gasteiger partial charge >= 0.3 is 0 Å². The number of nitrogens with one attached hydrogen (secondary N) is 1. The Morgan fingerprint density at radius 2 is 2.39 bits per heavy atom. The Balaban J connectivity index is 1.97. The Kier molecular flexibility index (Phi) is 5.15. The molecule has 1 aromatic heterocycles. The van der Waals surface area contributed by atoms with Crippen LogP contribution in [-0.4, -0.2) is 35.6 Å². The second-order valence-electron chi connectivity index (χ2n) is 5.09. The third kappa shape index (κ3) is 3.31. The minimum absolute atomic E-state index is 0.469. The SMILES string of the molecule is CCNC1CCCN(C(C)c2ncc(CC)s2)C1. The summed E-state index contributed by atoms with van der Waals surface area (Å²) in [4.78, 5) is 8.57. The average Bonchev–Trinajstić information content (AvgIpc) is 2.87. The van der Waals surface area contributed by atoms with Crippen molar-refractivity contribution in [2.45, 2.75) is 52.1 Å². The smallest absolute Gasteiger partial charge is 0.110 e. The predicted molar refractivity (Wildman–Crippen MR) is 78.2 cm³/mol. The molecule has 1 aliphatic rings. The normalized spacial score (nSPS) is 23.2. The van der Waals surface area contributed by atoms with Gasteiger partial charge < -0.3 is 5.32 Å². The molecule has 18 heavy (non-hydrogen) atoms. The van der Waals surface area contributed by atoms with Crippen LogP contribution in [0.2, 0.25) is 0 Å². The zero-order valence-electron chi connectivity index (χ0n) is 11.8. The van der Waals surface area contributed by atoms with Crippen molar-refractivity contribution in [1.82, 2.24) is 15.2 Å². The molecule has 3 nitrogen and oxygen atoms in total. The molecule has 1 aromatic rings. The number of likely N-dealkylation sites (N-methyl/N-ethyl adjacent to an activating group) is 1. The molecule has 102 valence electrons. The van der Waals surface area contributed by atoms with Crippen LogP contribution >= 0.6 is 11.3 Å². The zero-order chi connectivity index (χ0) is 13.0. The fraction of sp³-hybridized carbons (Fsp3) is 0.786. The minimum atomic E-state index is 0.469. The van der Waals surface area contributed by atoms with Crippen LogP contribution in [0.5, 0.6) is 0 Å². The van der Waals surface area contributed by atoms with Crippen LogP contribution in [0.15, 0.2) is 6.20 Å². The lowest BCUT2D eigenvalue weighted by molar-refractivity contribution is 0.146. The van der Waals surface area contributed by atoms with Crippen LogP contribution in [0.4, 0.5) is 0 Å². The largest absolute Gasteiger partial charge is 0.313 e. The van der Waals surface area contributed by atoms with Crippen molar-refractivity contribution in [1.29, 1.82) is 0 Å². The molecule has 1 aliphatic heterocycles. The Morgan fingerprint density at radius 3 is 3.06 bits per heavy atom. The van der Waals surface area contributed by atoms with Crippen molar-refractivity contribution in [2.75, 3.05) is 19.6 Å². The molecule has 1 N–H and O–H groups in total. The van der Waals surface area contributed by atoms with Crippen molar-refractivity contribution >= 4 is 11.3 Å². The summed E-state index contributed by atoms with van der Waals surface area (Å²) >= 11 is 1.88. The maximum absolute atomic E-state index is 4.59. The second kappa shape index (κ2) is 6.64. The Labute approximate surface area is 115 Å². The third-order valence-electron chi connectivity index (χ3n) is 3.77. The summed E-state index contributed by atoms with van der Waals surface area (Å²) in [6.45, 7) is 10.1. The van der Waals surface area contributed by atoms with Crippen molar-refractivity contribution in [2.24, 2.45) is 0 Å². The van der Waals surface area contributed by atoms with E-state index in [0.29, 0.717) is 12.1 Å². The summed E-state index contributed by atoms with van der Waals surface area (Å²) < 4.78 is 0. The van der Waals surface area contributed by atoms with E-state index in [-0.39, 0.29) is 0 Å². The standard InChI is InChI=1S/C14H25N3S/c1-4-13-9-16-14(18-13)11(3)17-8-6-7-12(10-17)15-5-2/h9,11-12,15H,4-8,10H2,1-3H3. The molecule has 2 atom stereocenters. The van der Waals surface area contributed by atoms with Gasteiger partial charge in [-0.05, 0) is 39.3 Å². The molecule has 2 rings (SSSR count). The van der Waals surface area contributed by atoms with Gasteiger partial charge in [0, 0.05) is 23.7 Å². The monoisotopic (exact) mass is 267 g/mol. The van der Waals surface area contributed by atoms with Crippen LogP contribution in [0, 0.1) is 0 Å². The lowest BCUT2D eigenvalue weighted by Gasteiger charge is -2.36. The van der Waals surface area contributed by atoms with Gasteiger partial charge in [-0.25, -0.2) is 4.98 Å². The van der Waals surface area contributed by atoms with Gasteiger partial charge in [0.1, 0.15) is 5.01 Å². The molecule has 2 unspecified atom stereocenters. The number of rotatable bonds is 5. The Morgan fingerprint density at radius 1 is 1.56 bits per heavy atom. The van der Waals surface area contributed by atoms with Gasteiger partial charge in [-0.1, -0.05) is 13.8 Å². The fourth-order valence-corrected chi connectivity index (χ4v) is 3.59. The number of aromatic nitrogens is 1. The quantitative estimate of drug-likeness (QED) is 0.889. The van der Waals surface area contributed by atoms with Crippen LogP contribution in [0.25, 0.3) is 0 Å². The van der Waals surface area contributed by atoms with E-state index >= 15 is 0 Å². The number of likely N-dealkylation sites (tertiary alicyclic amines) is 1. The van der Waals surface area contributed by atoms with Crippen molar-refractivity contribution < 1.29 is 0 Å². The Hall–Kier alpha value is -0.450. The molecule has 0 saturated carbocycles. The van der Waals surface area contributed by atoms with E-state index in [4.69, 9.17) is 0 Å². The first kappa shape index (κ1) is 14.0. The van der Waals surface area contributed by atoms with E-state index in [1.54, 1.807) is 0 Å². The van der Waals surface area contributed by atoms with E-state index < -0.39 is 0 Å². The first-order valence-corrected chi connectivity index (χ1v) is 7.98. The Bertz CT molecular complexity index is 362. The summed E-state index contributed by atoms with van der Waals surface area (Å²) in [6.07, 6.45) is 5.76. The third-order valence-corrected chi connectivity index (χ3v) is 5.08. The van der Waals surface area contributed by atoms with Gasteiger partial charge in [-0.2, -0.15) is 0 Å². The van der Waals surface area contributed by atoms with E-state index in [9.17, 15) is 0 Å². The van der Waals surface area contributed by atoms with E-state index in [2.05, 4.69) is 36.0 Å². The van der Waals surface area contributed by atoms with Crippen LogP contribution in [0.3, 0.4) is 0 Å². The molecule has 1 fully saturated rings. The first-order chi connectivity index (χ1) is 8.74. The van der Waals surface area contributed by atoms with Gasteiger partial charge in [0.2, 0.25) is 0 Å². The first-order valence-electron chi connectivity index (χ1n) is 7.16. The highest BCUT2D eigenvalue weighted by molar-refractivity contribution is 7.11. The number of hydrogen-bond donors (Lipinski definition) is 1. The molecule has 0 radical (unpaired) electrons. The predicted octanol–water partition coefficient (Wildman–Crippen LogP) is 2.84. The molecular weight excluding hydrogens is 242 g/mol. The van der Waals surface area contributed by atoms with Gasteiger partial charge in [0.15, 0.2) is 0 Å². The lowest BCUT2D eigenvalue weighted by Crippen LogP contribution is -2.46. The van der Waals surface area contributed by atoms with Gasteiger partial charge in [-0.15, -0.1) is 11.3 Å². The maximum Gasteiger partial charge on any atom is 0.110 e. The molecule has 0 aliphatic carbocycles. The highest BCUT2D eigenvalue weighted by atomic mass is 32.1. The molecule has 0 amide bonds. The summed E-state index contributed by atoms with van der Waals surface area (Å²) in [5, 5.41) is 4.86. The van der Waals surface area contributed by atoms with Crippen LogP contribution in [0.1, 0.15) is 49.5 Å². The highest BCUT2D eigenvalue weighted by Crippen LogP contribution is 2.27. The number of hydrogen-bond acceptors (Lipinski definition) is 4. The van der Waals surface area contributed by atoms with E-state index in [0.717, 1.165) is 19.5 Å². The van der Waals surface area contributed by atoms with Crippen molar-refractivity contribution in [3.05, 3.63) is 16.1 Å². The molecule has 2 heterocycles. The average molecular weight is 267 g/mol. The molecule has 0 aromatic carbocycles. The van der Waals surface area contributed by atoms with Crippen molar-refractivity contribution in [3.8, 4) is 0 Å². The van der Waals surface area contributed by atoms with Gasteiger partial charge in [-0.3, -0.25) is 4.90 Å². The summed E-state index contributed by atoms with van der Waals surface area (Å²) in [6, 6.07) is 1.13. The summed E-state index contributed by atoms with van der Waals surface area (Å²) in [7, 11) is 0. The molecule has 0 bridgehead atoms. The van der Waals surface area contributed by atoms with Crippen molar-refractivity contribution in [3.63, 3.8) is 0 Å². The topological polar surface area (TPSA) is 28.2 Å². The van der Waals surface area contributed by atoms with Gasteiger partial charge in [0.05, 0.1) is 6.04 Å². The molecular formula is C14H25N3S. The van der Waals surface area contributed by atoms with Crippen LogP contribution < -0.4 is 5.32 Å². The second-order valence-corrected chi connectivity index (χ2v) is 6.23. The zero-order valence-corrected chi connectivity index (χ0v) is 12.6. The molecule has 1 saturated heterocycles. The lowest BCUT2D eigenvalue weighted by atomic mass is 10.0. The van der Waals surface area contributed by atoms with Gasteiger partial charge in [0.25, 0.3) is 0 Å². The molecule has 4 heteroatoms.